The molecule has 0 aliphatic carbocycles. The topological polar surface area (TPSA) is 83.1 Å². The van der Waals surface area contributed by atoms with E-state index in [2.05, 4.69) is 9.97 Å². The first-order chi connectivity index (χ1) is 11.6. The van der Waals surface area contributed by atoms with Gasteiger partial charge in [0.1, 0.15) is 4.90 Å². The van der Waals surface area contributed by atoms with Crippen molar-refractivity contribution in [1.29, 1.82) is 0 Å². The average molecular weight is 359 g/mol. The Balaban J connectivity index is 1.49. The first-order valence-electron chi connectivity index (χ1n) is 7.31. The van der Waals surface area contributed by atoms with Gasteiger partial charge >= 0.3 is 0 Å². The van der Waals surface area contributed by atoms with Gasteiger partial charge in [-0.2, -0.15) is 0 Å². The van der Waals surface area contributed by atoms with Crippen LogP contribution in [-0.2, 0) is 10.0 Å². The Kier molecular flexibility index (Phi) is 3.58. The summed E-state index contributed by atoms with van der Waals surface area (Å²) in [6.07, 6.45) is 0. The summed E-state index contributed by atoms with van der Waals surface area (Å²) in [5.74, 6) is -0.0329. The van der Waals surface area contributed by atoms with Crippen LogP contribution in [0.2, 0.25) is 0 Å². The van der Waals surface area contributed by atoms with Crippen molar-refractivity contribution in [2.45, 2.75) is 10.1 Å². The number of rotatable bonds is 4. The van der Waals surface area contributed by atoms with Gasteiger partial charge in [0, 0.05) is 12.3 Å². The van der Waals surface area contributed by atoms with E-state index in [0.717, 1.165) is 15.3 Å². The van der Waals surface area contributed by atoms with Crippen molar-refractivity contribution in [3.05, 3.63) is 54.1 Å². The lowest BCUT2D eigenvalue weighted by Gasteiger charge is -2.14. The van der Waals surface area contributed by atoms with Crippen LogP contribution in [0.3, 0.4) is 0 Å². The van der Waals surface area contributed by atoms with E-state index in [0.29, 0.717) is 10.9 Å². The molecule has 2 heterocycles. The molecule has 122 valence electrons. The van der Waals surface area contributed by atoms with E-state index < -0.39 is 15.9 Å². The number of hydrogen-bond donors (Lipinski definition) is 1. The van der Waals surface area contributed by atoms with E-state index in [1.165, 1.54) is 17.8 Å². The summed E-state index contributed by atoms with van der Waals surface area (Å²) >= 11 is 1.39. The minimum Gasteiger partial charge on any atom is -0.333 e. The smallest absolute Gasteiger partial charge is 0.269 e. The van der Waals surface area contributed by atoms with Crippen molar-refractivity contribution < 1.29 is 13.2 Å². The quantitative estimate of drug-likeness (QED) is 0.724. The molecule has 2 aromatic carbocycles. The maximum absolute atomic E-state index is 12.5. The molecular formula is C16H13N3O3S2. The molecule has 4 rings (SSSR count). The monoisotopic (exact) mass is 359 g/mol. The zero-order valence-corrected chi connectivity index (χ0v) is 14.1. The van der Waals surface area contributed by atoms with Gasteiger partial charge in [-0.05, 0) is 24.3 Å². The van der Waals surface area contributed by atoms with Gasteiger partial charge in [0.05, 0.1) is 16.6 Å². The van der Waals surface area contributed by atoms with Crippen LogP contribution in [0.5, 0.6) is 0 Å². The fourth-order valence-corrected chi connectivity index (χ4v) is 5.17. The molecule has 0 radical (unpaired) electrons. The van der Waals surface area contributed by atoms with Gasteiger partial charge in [-0.3, -0.25) is 4.79 Å². The molecule has 24 heavy (non-hydrogen) atoms. The fourth-order valence-electron chi connectivity index (χ4n) is 2.68. The maximum atomic E-state index is 12.5. The standard InChI is InChI=1S/C16H13N3O3S2/c20-15-11-5-1-4-8-14(11)24(21,22)19(15)9-10-23-16-17-12-6-2-3-7-13(12)18-16/h1-8H,9-10H2,(H,17,18). The number of fused-ring (bicyclic) bond motifs is 2. The molecule has 8 heteroatoms. The summed E-state index contributed by atoms with van der Waals surface area (Å²) < 4.78 is 25.8. The Bertz CT molecular complexity index is 1010. The van der Waals surface area contributed by atoms with Gasteiger partial charge in [0.25, 0.3) is 15.9 Å². The second-order valence-electron chi connectivity index (χ2n) is 5.29. The second kappa shape index (κ2) is 5.64. The van der Waals surface area contributed by atoms with Crippen LogP contribution in [0, 0.1) is 0 Å². The van der Waals surface area contributed by atoms with Gasteiger partial charge in [0.2, 0.25) is 0 Å². The Hall–Kier alpha value is -2.32. The Labute approximate surface area is 142 Å². The van der Waals surface area contributed by atoms with Crippen molar-refractivity contribution in [3.8, 4) is 0 Å². The molecule has 1 aliphatic rings. The number of carbonyl (C=O) groups excluding carboxylic acids is 1. The number of para-hydroxylation sites is 2. The highest BCUT2D eigenvalue weighted by Gasteiger charge is 2.40. The minimum absolute atomic E-state index is 0.0868. The third-order valence-corrected chi connectivity index (χ3v) is 6.51. The Morgan fingerprint density at radius 1 is 1.08 bits per heavy atom. The molecule has 6 nitrogen and oxygen atoms in total. The number of H-pyrrole nitrogens is 1. The van der Waals surface area contributed by atoms with Gasteiger partial charge in [-0.1, -0.05) is 36.0 Å². The number of sulfonamides is 1. The van der Waals surface area contributed by atoms with E-state index in [9.17, 15) is 13.2 Å². The predicted molar refractivity (Wildman–Crippen MR) is 91.5 cm³/mol. The van der Waals surface area contributed by atoms with Crippen LogP contribution in [-0.4, -0.2) is 40.9 Å². The van der Waals surface area contributed by atoms with Crippen LogP contribution < -0.4 is 0 Å². The number of aromatic amines is 1. The van der Waals surface area contributed by atoms with Crippen LogP contribution in [0.15, 0.2) is 58.6 Å². The highest BCUT2D eigenvalue weighted by molar-refractivity contribution is 7.99. The maximum Gasteiger partial charge on any atom is 0.269 e. The number of nitrogens with zero attached hydrogens (tertiary/aromatic N) is 2. The van der Waals surface area contributed by atoms with E-state index in [-0.39, 0.29) is 17.0 Å². The largest absolute Gasteiger partial charge is 0.333 e. The average Bonchev–Trinajstić information content (AvgIpc) is 3.07. The molecule has 0 saturated carbocycles. The lowest BCUT2D eigenvalue weighted by molar-refractivity contribution is 0.0876. The lowest BCUT2D eigenvalue weighted by Crippen LogP contribution is -2.32. The second-order valence-corrected chi connectivity index (χ2v) is 8.20. The van der Waals surface area contributed by atoms with E-state index in [4.69, 9.17) is 0 Å². The molecule has 1 N–H and O–H groups in total. The van der Waals surface area contributed by atoms with Crippen molar-refractivity contribution >= 4 is 38.7 Å². The summed E-state index contributed by atoms with van der Waals surface area (Å²) in [6, 6.07) is 14.0. The van der Waals surface area contributed by atoms with Crippen LogP contribution in [0.4, 0.5) is 0 Å². The summed E-state index contributed by atoms with van der Waals surface area (Å²) in [6.45, 7) is 0.109. The number of aromatic nitrogens is 2. The zero-order chi connectivity index (χ0) is 16.7. The van der Waals surface area contributed by atoms with E-state index in [1.807, 2.05) is 24.3 Å². The third-order valence-electron chi connectivity index (χ3n) is 3.81. The van der Waals surface area contributed by atoms with Crippen LogP contribution >= 0.6 is 11.8 Å². The zero-order valence-electron chi connectivity index (χ0n) is 12.5. The number of thioether (sulfide) groups is 1. The Morgan fingerprint density at radius 2 is 1.83 bits per heavy atom. The molecule has 0 fully saturated rings. The Morgan fingerprint density at radius 3 is 2.62 bits per heavy atom. The molecule has 0 bridgehead atoms. The van der Waals surface area contributed by atoms with Gasteiger partial charge < -0.3 is 4.98 Å². The molecule has 0 spiro atoms. The normalized spacial score (nSPS) is 15.8. The summed E-state index contributed by atoms with van der Waals surface area (Å²) in [5, 5.41) is 0.706. The van der Waals surface area contributed by atoms with Gasteiger partial charge in [-0.15, -0.1) is 0 Å². The molecule has 0 unspecified atom stereocenters. The van der Waals surface area contributed by atoms with Gasteiger partial charge in [0.15, 0.2) is 5.16 Å². The van der Waals surface area contributed by atoms with Crippen LogP contribution in [0.1, 0.15) is 10.4 Å². The first-order valence-corrected chi connectivity index (χ1v) is 9.73. The summed E-state index contributed by atoms with van der Waals surface area (Å²) in [7, 11) is -3.73. The number of benzene rings is 2. The number of nitrogens with one attached hydrogen (secondary N) is 1. The first kappa shape index (κ1) is 15.2. The highest BCUT2D eigenvalue weighted by Crippen LogP contribution is 2.30. The predicted octanol–water partition coefficient (Wildman–Crippen LogP) is 2.50. The number of amides is 1. The number of imidazole rings is 1. The molecule has 0 saturated heterocycles. The van der Waals surface area contributed by atoms with Gasteiger partial charge in [-0.25, -0.2) is 17.7 Å². The van der Waals surface area contributed by atoms with Crippen molar-refractivity contribution in [2.75, 3.05) is 12.3 Å². The molecule has 3 aromatic rings. The van der Waals surface area contributed by atoms with E-state index >= 15 is 0 Å². The SMILES string of the molecule is O=C1c2ccccc2S(=O)(=O)N1CCSc1nc2ccccc2[nH]1. The molecule has 1 aromatic heterocycles. The van der Waals surface area contributed by atoms with E-state index in [1.54, 1.807) is 18.2 Å². The molecule has 1 amide bonds. The molecular weight excluding hydrogens is 346 g/mol. The molecule has 1 aliphatic heterocycles. The third kappa shape index (κ3) is 2.38. The van der Waals surface area contributed by atoms with Crippen LogP contribution in [0.25, 0.3) is 11.0 Å². The highest BCUT2D eigenvalue weighted by atomic mass is 32.2. The lowest BCUT2D eigenvalue weighted by atomic mass is 10.2. The summed E-state index contributed by atoms with van der Waals surface area (Å²) in [5.41, 5.74) is 2.03. The van der Waals surface area contributed by atoms with Crippen molar-refractivity contribution in [2.24, 2.45) is 0 Å². The van der Waals surface area contributed by atoms with Crippen molar-refractivity contribution in [1.82, 2.24) is 14.3 Å². The summed E-state index contributed by atoms with van der Waals surface area (Å²) in [4.78, 5) is 20.0. The number of hydrogen-bond acceptors (Lipinski definition) is 5. The fraction of sp³-hybridized carbons (Fsp3) is 0.125. The minimum atomic E-state index is -3.73. The van der Waals surface area contributed by atoms with Crippen molar-refractivity contribution in [3.63, 3.8) is 0 Å². The molecule has 0 atom stereocenters. The number of carbonyl (C=O) groups is 1.